The monoisotopic (exact) mass is 240 g/mol. The highest BCUT2D eigenvalue weighted by Gasteiger charge is 2.31. The van der Waals surface area contributed by atoms with Gasteiger partial charge in [0, 0.05) is 19.1 Å². The van der Waals surface area contributed by atoms with Gasteiger partial charge in [0.05, 0.1) is 6.61 Å². The van der Waals surface area contributed by atoms with Crippen molar-refractivity contribution >= 4 is 5.97 Å². The Morgan fingerprint density at radius 2 is 2.12 bits per heavy atom. The third-order valence-electron chi connectivity index (χ3n) is 3.35. The first-order chi connectivity index (χ1) is 8.19. The van der Waals surface area contributed by atoms with E-state index in [9.17, 15) is 4.79 Å². The van der Waals surface area contributed by atoms with Crippen molar-refractivity contribution in [3.63, 3.8) is 0 Å². The maximum absolute atomic E-state index is 11.8. The molecular formula is C13H24N2O2. The van der Waals surface area contributed by atoms with E-state index in [4.69, 9.17) is 4.74 Å². The van der Waals surface area contributed by atoms with E-state index >= 15 is 0 Å². The van der Waals surface area contributed by atoms with Gasteiger partial charge in [-0.3, -0.25) is 4.79 Å². The van der Waals surface area contributed by atoms with Gasteiger partial charge in [-0.15, -0.1) is 0 Å². The van der Waals surface area contributed by atoms with Crippen LogP contribution in [-0.4, -0.2) is 49.7 Å². The molecule has 0 amide bonds. The predicted molar refractivity (Wildman–Crippen MR) is 66.8 cm³/mol. The van der Waals surface area contributed by atoms with Crippen LogP contribution in [0.2, 0.25) is 0 Å². The molecule has 0 radical (unpaired) electrons. The Kier molecular flexibility index (Phi) is 4.40. The lowest BCUT2D eigenvalue weighted by Crippen LogP contribution is -2.47. The molecule has 17 heavy (non-hydrogen) atoms. The molecule has 4 heteroatoms. The lowest BCUT2D eigenvalue weighted by Gasteiger charge is -2.23. The molecule has 2 fully saturated rings. The van der Waals surface area contributed by atoms with Gasteiger partial charge in [0.2, 0.25) is 0 Å². The fourth-order valence-corrected chi connectivity index (χ4v) is 2.10. The maximum atomic E-state index is 11.8. The van der Waals surface area contributed by atoms with Crippen LogP contribution in [0.15, 0.2) is 0 Å². The van der Waals surface area contributed by atoms with Crippen molar-refractivity contribution < 1.29 is 9.53 Å². The van der Waals surface area contributed by atoms with Gasteiger partial charge in [0.15, 0.2) is 0 Å². The highest BCUT2D eigenvalue weighted by atomic mass is 16.5. The number of carbonyl (C=O) groups is 1. The van der Waals surface area contributed by atoms with Crippen molar-refractivity contribution in [2.24, 2.45) is 5.92 Å². The largest absolute Gasteiger partial charge is 0.465 e. The quantitative estimate of drug-likeness (QED) is 0.643. The van der Waals surface area contributed by atoms with Crippen molar-refractivity contribution in [2.45, 2.75) is 44.7 Å². The van der Waals surface area contributed by atoms with E-state index in [1.54, 1.807) is 0 Å². The van der Waals surface area contributed by atoms with Crippen molar-refractivity contribution in [3.8, 4) is 0 Å². The molecule has 4 nitrogen and oxygen atoms in total. The molecule has 1 unspecified atom stereocenters. The normalized spacial score (nSPS) is 21.6. The van der Waals surface area contributed by atoms with E-state index in [1.807, 2.05) is 6.92 Å². The number of nitrogens with one attached hydrogen (secondary N) is 1. The average Bonchev–Trinajstić information content (AvgIpc) is 3.12. The predicted octanol–water partition coefficient (Wildman–Crippen LogP) is 1.01. The summed E-state index contributed by atoms with van der Waals surface area (Å²) in [6, 6.07) is 0.393. The summed E-state index contributed by atoms with van der Waals surface area (Å²) in [5.41, 5.74) is 0. The summed E-state index contributed by atoms with van der Waals surface area (Å²) in [5.74, 6) is 0.769. The highest BCUT2D eigenvalue weighted by Crippen LogP contribution is 2.29. The molecule has 0 aliphatic heterocycles. The molecule has 1 atom stereocenters. The minimum Gasteiger partial charge on any atom is -0.465 e. The molecule has 2 saturated carbocycles. The van der Waals surface area contributed by atoms with E-state index in [-0.39, 0.29) is 12.0 Å². The van der Waals surface area contributed by atoms with Crippen LogP contribution in [0.4, 0.5) is 0 Å². The summed E-state index contributed by atoms with van der Waals surface area (Å²) in [6.07, 6.45) is 5.10. The number of esters is 1. The molecular weight excluding hydrogens is 216 g/mol. The SMILES string of the molecule is CCOC(=O)C(CN(C)CC1CC1)NC1CC1. The van der Waals surface area contributed by atoms with Crippen molar-refractivity contribution in [1.29, 1.82) is 0 Å². The van der Waals surface area contributed by atoms with Crippen LogP contribution >= 0.6 is 0 Å². The zero-order valence-electron chi connectivity index (χ0n) is 10.9. The molecule has 0 spiro atoms. The van der Waals surface area contributed by atoms with Gasteiger partial charge in [-0.2, -0.15) is 0 Å². The highest BCUT2D eigenvalue weighted by molar-refractivity contribution is 5.76. The fourth-order valence-electron chi connectivity index (χ4n) is 2.10. The minimum absolute atomic E-state index is 0.0953. The lowest BCUT2D eigenvalue weighted by atomic mass is 10.2. The Balaban J connectivity index is 1.77. The van der Waals surface area contributed by atoms with E-state index < -0.39 is 0 Å². The van der Waals surface area contributed by atoms with E-state index in [0.29, 0.717) is 12.6 Å². The summed E-state index contributed by atoms with van der Waals surface area (Å²) in [5, 5.41) is 3.38. The Labute approximate surface area is 104 Å². The Bertz CT molecular complexity index is 262. The number of hydrogen-bond acceptors (Lipinski definition) is 4. The van der Waals surface area contributed by atoms with E-state index in [1.165, 1.54) is 25.7 Å². The molecule has 98 valence electrons. The topological polar surface area (TPSA) is 41.6 Å². The smallest absolute Gasteiger partial charge is 0.324 e. The number of ether oxygens (including phenoxy) is 1. The third kappa shape index (κ3) is 4.64. The maximum Gasteiger partial charge on any atom is 0.324 e. The second kappa shape index (κ2) is 5.83. The number of rotatable bonds is 8. The zero-order chi connectivity index (χ0) is 12.3. The molecule has 0 aromatic rings. The summed E-state index contributed by atoms with van der Waals surface area (Å²) < 4.78 is 5.13. The van der Waals surface area contributed by atoms with Crippen LogP contribution in [0, 0.1) is 5.92 Å². The first-order valence-corrected chi connectivity index (χ1v) is 6.80. The van der Waals surface area contributed by atoms with Gasteiger partial charge in [-0.05, 0) is 45.6 Å². The van der Waals surface area contributed by atoms with Gasteiger partial charge in [0.1, 0.15) is 6.04 Å². The number of nitrogens with zero attached hydrogens (tertiary/aromatic N) is 1. The Hall–Kier alpha value is -0.610. The third-order valence-corrected chi connectivity index (χ3v) is 3.35. The standard InChI is InChI=1S/C13H24N2O2/c1-3-17-13(16)12(14-11-6-7-11)9-15(2)8-10-4-5-10/h10-12,14H,3-9H2,1-2H3. The molecule has 2 rings (SSSR count). The van der Waals surface area contributed by atoms with Gasteiger partial charge < -0.3 is 15.0 Å². The lowest BCUT2D eigenvalue weighted by molar-refractivity contribution is -0.146. The fraction of sp³-hybridized carbons (Fsp3) is 0.923. The molecule has 0 heterocycles. The van der Waals surface area contributed by atoms with Crippen LogP contribution < -0.4 is 5.32 Å². The van der Waals surface area contributed by atoms with Crippen molar-refractivity contribution in [3.05, 3.63) is 0 Å². The van der Waals surface area contributed by atoms with E-state index in [2.05, 4.69) is 17.3 Å². The van der Waals surface area contributed by atoms with Crippen LogP contribution in [0.3, 0.4) is 0 Å². The Morgan fingerprint density at radius 1 is 1.41 bits per heavy atom. The van der Waals surface area contributed by atoms with Crippen LogP contribution in [0.25, 0.3) is 0 Å². The molecule has 2 aliphatic rings. The zero-order valence-corrected chi connectivity index (χ0v) is 10.9. The van der Waals surface area contributed by atoms with Crippen LogP contribution in [-0.2, 0) is 9.53 Å². The van der Waals surface area contributed by atoms with Gasteiger partial charge in [0.25, 0.3) is 0 Å². The molecule has 2 aliphatic carbocycles. The summed E-state index contributed by atoms with van der Waals surface area (Å²) in [7, 11) is 2.10. The van der Waals surface area contributed by atoms with E-state index in [0.717, 1.165) is 19.0 Å². The van der Waals surface area contributed by atoms with Crippen LogP contribution in [0.5, 0.6) is 0 Å². The summed E-state index contributed by atoms with van der Waals surface area (Å²) in [6.45, 7) is 4.21. The second-order valence-corrected chi connectivity index (χ2v) is 5.41. The molecule has 0 aromatic carbocycles. The molecule has 0 saturated heterocycles. The first kappa shape index (κ1) is 12.8. The van der Waals surface area contributed by atoms with Crippen LogP contribution in [0.1, 0.15) is 32.6 Å². The van der Waals surface area contributed by atoms with Crippen molar-refractivity contribution in [2.75, 3.05) is 26.7 Å². The summed E-state index contributed by atoms with van der Waals surface area (Å²) in [4.78, 5) is 14.1. The van der Waals surface area contributed by atoms with Crippen molar-refractivity contribution in [1.82, 2.24) is 10.2 Å². The van der Waals surface area contributed by atoms with Gasteiger partial charge >= 0.3 is 5.97 Å². The molecule has 0 bridgehead atoms. The summed E-state index contributed by atoms with van der Waals surface area (Å²) >= 11 is 0. The Morgan fingerprint density at radius 3 is 2.65 bits per heavy atom. The average molecular weight is 240 g/mol. The number of carbonyl (C=O) groups excluding carboxylic acids is 1. The minimum atomic E-state index is -0.147. The van der Waals surface area contributed by atoms with Gasteiger partial charge in [-0.1, -0.05) is 0 Å². The first-order valence-electron chi connectivity index (χ1n) is 6.80. The van der Waals surface area contributed by atoms with Gasteiger partial charge in [-0.25, -0.2) is 0 Å². The molecule has 1 N–H and O–H groups in total. The number of likely N-dealkylation sites (N-methyl/N-ethyl adjacent to an activating group) is 1. The number of hydrogen-bond donors (Lipinski definition) is 1. The second-order valence-electron chi connectivity index (χ2n) is 5.41. The molecule has 0 aromatic heterocycles.